The fraction of sp³-hybridized carbons (Fsp3) is 0. The molecule has 1 aromatic heterocycles. The number of nitrogens with one attached hydrogen (secondary N) is 2. The second-order valence-corrected chi connectivity index (χ2v) is 5.35. The summed E-state index contributed by atoms with van der Waals surface area (Å²) in [7, 11) is 0. The number of hydrogen-bond donors (Lipinski definition) is 2. The molecule has 0 bridgehead atoms. The van der Waals surface area contributed by atoms with E-state index in [4.69, 9.17) is 0 Å². The third-order valence-electron chi connectivity index (χ3n) is 3.46. The summed E-state index contributed by atoms with van der Waals surface area (Å²) in [4.78, 5) is 28.4. The molecule has 0 saturated heterocycles. The third-order valence-corrected chi connectivity index (χ3v) is 3.46. The molecule has 0 unspecified atom stereocenters. The van der Waals surface area contributed by atoms with Crippen molar-refractivity contribution < 1.29 is 18.4 Å². The molecule has 26 heavy (non-hydrogen) atoms. The summed E-state index contributed by atoms with van der Waals surface area (Å²) in [5.74, 6) is -1.82. The predicted octanol–water partition coefficient (Wildman–Crippen LogP) is 3.86. The van der Waals surface area contributed by atoms with Crippen LogP contribution in [0.2, 0.25) is 0 Å². The van der Waals surface area contributed by atoms with Gasteiger partial charge in [0, 0.05) is 23.1 Å². The van der Waals surface area contributed by atoms with Crippen molar-refractivity contribution in [1.82, 2.24) is 4.98 Å². The zero-order chi connectivity index (χ0) is 18.5. The number of hydrogen-bond acceptors (Lipinski definition) is 3. The van der Waals surface area contributed by atoms with Crippen LogP contribution in [-0.2, 0) is 0 Å². The van der Waals surface area contributed by atoms with Gasteiger partial charge < -0.3 is 10.6 Å². The van der Waals surface area contributed by atoms with Crippen molar-refractivity contribution in [2.45, 2.75) is 0 Å². The molecule has 0 fully saturated rings. The zero-order valence-corrected chi connectivity index (χ0v) is 13.4. The molecule has 2 N–H and O–H groups in total. The topological polar surface area (TPSA) is 71.1 Å². The Kier molecular flexibility index (Phi) is 4.98. The van der Waals surface area contributed by atoms with E-state index in [1.54, 1.807) is 0 Å². The van der Waals surface area contributed by atoms with E-state index in [0.29, 0.717) is 11.4 Å². The smallest absolute Gasteiger partial charge is 0.274 e. The van der Waals surface area contributed by atoms with E-state index < -0.39 is 23.4 Å². The number of benzene rings is 2. The molecule has 2 amide bonds. The van der Waals surface area contributed by atoms with Gasteiger partial charge in [0.25, 0.3) is 11.8 Å². The lowest BCUT2D eigenvalue weighted by molar-refractivity contribution is 0.102. The van der Waals surface area contributed by atoms with Gasteiger partial charge in [0.15, 0.2) is 0 Å². The minimum atomic E-state index is -0.534. The summed E-state index contributed by atoms with van der Waals surface area (Å²) in [6, 6.07) is 13.4. The lowest BCUT2D eigenvalue weighted by Crippen LogP contribution is -2.17. The minimum absolute atomic E-state index is 0.0288. The lowest BCUT2D eigenvalue weighted by Gasteiger charge is -2.07. The molecule has 0 radical (unpaired) electrons. The molecule has 130 valence electrons. The van der Waals surface area contributed by atoms with Gasteiger partial charge in [-0.15, -0.1) is 0 Å². The minimum Gasteiger partial charge on any atom is -0.322 e. The molecule has 0 aliphatic carbocycles. The fourth-order valence-electron chi connectivity index (χ4n) is 2.16. The highest BCUT2D eigenvalue weighted by Gasteiger charge is 2.12. The molecular formula is C19H13F2N3O2. The molecular weight excluding hydrogens is 340 g/mol. The van der Waals surface area contributed by atoms with E-state index in [2.05, 4.69) is 15.6 Å². The van der Waals surface area contributed by atoms with Crippen molar-refractivity contribution in [3.63, 3.8) is 0 Å². The first-order valence-electron chi connectivity index (χ1n) is 7.61. The SMILES string of the molecule is O=C(Nc1ccc(F)cc1)c1ccnc(C(=O)Nc2ccc(F)cc2)c1. The summed E-state index contributed by atoms with van der Waals surface area (Å²) < 4.78 is 25.8. The van der Waals surface area contributed by atoms with E-state index in [1.807, 2.05) is 0 Å². The van der Waals surface area contributed by atoms with Gasteiger partial charge in [0.2, 0.25) is 0 Å². The van der Waals surface area contributed by atoms with Gasteiger partial charge in [0.1, 0.15) is 17.3 Å². The van der Waals surface area contributed by atoms with E-state index in [0.717, 1.165) is 0 Å². The summed E-state index contributed by atoms with van der Waals surface area (Å²) in [5, 5.41) is 5.17. The largest absolute Gasteiger partial charge is 0.322 e. The van der Waals surface area contributed by atoms with Crippen molar-refractivity contribution in [1.29, 1.82) is 0 Å². The Morgan fingerprint density at radius 3 is 1.77 bits per heavy atom. The summed E-state index contributed by atoms with van der Waals surface area (Å²) in [5.41, 5.74) is 1.07. The molecule has 2 aromatic carbocycles. The average molecular weight is 353 g/mol. The van der Waals surface area contributed by atoms with E-state index in [1.165, 1.54) is 66.9 Å². The number of amides is 2. The van der Waals surface area contributed by atoms with Crippen molar-refractivity contribution >= 4 is 23.2 Å². The molecule has 3 rings (SSSR count). The van der Waals surface area contributed by atoms with E-state index in [9.17, 15) is 18.4 Å². The van der Waals surface area contributed by atoms with Gasteiger partial charge in [-0.25, -0.2) is 8.78 Å². The highest BCUT2D eigenvalue weighted by atomic mass is 19.1. The number of carbonyl (C=O) groups is 2. The van der Waals surface area contributed by atoms with Crippen LogP contribution in [0.15, 0.2) is 66.9 Å². The molecule has 0 atom stereocenters. The molecule has 0 spiro atoms. The maximum atomic E-state index is 12.9. The Morgan fingerprint density at radius 2 is 1.23 bits per heavy atom. The monoisotopic (exact) mass is 353 g/mol. The number of halogens is 2. The van der Waals surface area contributed by atoms with Gasteiger partial charge in [0.05, 0.1) is 0 Å². The average Bonchev–Trinajstić information content (AvgIpc) is 2.65. The first-order valence-corrected chi connectivity index (χ1v) is 7.61. The molecule has 0 aliphatic heterocycles. The maximum Gasteiger partial charge on any atom is 0.274 e. The van der Waals surface area contributed by atoms with Crippen LogP contribution in [0.1, 0.15) is 20.8 Å². The van der Waals surface area contributed by atoms with Crippen LogP contribution in [0.25, 0.3) is 0 Å². The Labute approximate surface area is 147 Å². The van der Waals surface area contributed by atoms with Crippen LogP contribution in [-0.4, -0.2) is 16.8 Å². The van der Waals surface area contributed by atoms with E-state index in [-0.39, 0.29) is 11.3 Å². The molecule has 0 aliphatic rings. The van der Waals surface area contributed by atoms with Gasteiger partial charge in [-0.1, -0.05) is 0 Å². The van der Waals surface area contributed by atoms with E-state index >= 15 is 0 Å². The quantitative estimate of drug-likeness (QED) is 0.748. The molecule has 7 heteroatoms. The lowest BCUT2D eigenvalue weighted by atomic mass is 10.2. The first-order chi connectivity index (χ1) is 12.5. The van der Waals surface area contributed by atoms with Gasteiger partial charge in [-0.05, 0) is 60.7 Å². The van der Waals surface area contributed by atoms with Crippen LogP contribution >= 0.6 is 0 Å². The Bertz CT molecular complexity index is 867. The number of rotatable bonds is 4. The van der Waals surface area contributed by atoms with Gasteiger partial charge in [-0.3, -0.25) is 14.6 Å². The molecule has 0 saturated carbocycles. The molecule has 1 heterocycles. The number of anilines is 2. The standard InChI is InChI=1S/C19H13F2N3O2/c20-13-1-5-15(6-2-13)23-18(25)12-9-10-22-17(11-12)19(26)24-16-7-3-14(21)4-8-16/h1-11H,(H,23,25)(H,24,26). The second kappa shape index (κ2) is 7.52. The number of aromatic nitrogens is 1. The second-order valence-electron chi connectivity index (χ2n) is 5.35. The normalized spacial score (nSPS) is 10.2. The van der Waals surface area contributed by atoms with Crippen molar-refractivity contribution in [2.24, 2.45) is 0 Å². The number of pyridine rings is 1. The Balaban J connectivity index is 1.72. The number of nitrogens with zero attached hydrogens (tertiary/aromatic N) is 1. The van der Waals surface area contributed by atoms with Gasteiger partial charge >= 0.3 is 0 Å². The fourth-order valence-corrected chi connectivity index (χ4v) is 2.16. The van der Waals surface area contributed by atoms with Crippen LogP contribution in [0.3, 0.4) is 0 Å². The van der Waals surface area contributed by atoms with Crippen LogP contribution < -0.4 is 10.6 Å². The first kappa shape index (κ1) is 17.2. The van der Waals surface area contributed by atoms with Crippen LogP contribution in [0.4, 0.5) is 20.2 Å². The molecule has 3 aromatic rings. The van der Waals surface area contributed by atoms with Crippen molar-refractivity contribution in [3.8, 4) is 0 Å². The number of carbonyl (C=O) groups excluding carboxylic acids is 2. The van der Waals surface area contributed by atoms with Gasteiger partial charge in [-0.2, -0.15) is 0 Å². The summed E-state index contributed by atoms with van der Waals surface area (Å²) >= 11 is 0. The summed E-state index contributed by atoms with van der Waals surface area (Å²) in [6.45, 7) is 0. The van der Waals surface area contributed by atoms with Crippen LogP contribution in [0.5, 0.6) is 0 Å². The predicted molar refractivity (Wildman–Crippen MR) is 92.9 cm³/mol. The summed E-state index contributed by atoms with van der Waals surface area (Å²) in [6.07, 6.45) is 1.33. The zero-order valence-electron chi connectivity index (χ0n) is 13.4. The maximum absolute atomic E-state index is 12.9. The highest BCUT2D eigenvalue weighted by molar-refractivity contribution is 6.07. The third kappa shape index (κ3) is 4.27. The van der Waals surface area contributed by atoms with Crippen LogP contribution in [0, 0.1) is 11.6 Å². The Hall–Kier alpha value is -3.61. The highest BCUT2D eigenvalue weighted by Crippen LogP contribution is 2.13. The molecule has 5 nitrogen and oxygen atoms in total. The van der Waals surface area contributed by atoms with Crippen molar-refractivity contribution in [2.75, 3.05) is 10.6 Å². The van der Waals surface area contributed by atoms with Crippen molar-refractivity contribution in [3.05, 3.63) is 89.8 Å². The Morgan fingerprint density at radius 1 is 0.731 bits per heavy atom.